The molecule has 0 spiro atoms. The van der Waals surface area contributed by atoms with E-state index in [4.69, 9.17) is 0 Å². The van der Waals surface area contributed by atoms with Crippen LogP contribution in [0.25, 0.3) is 0 Å². The van der Waals surface area contributed by atoms with Crippen LogP contribution in [0.3, 0.4) is 0 Å². The molecule has 1 amide bonds. The number of carbonyl (C=O) groups is 1. The van der Waals surface area contributed by atoms with E-state index >= 15 is 0 Å². The van der Waals surface area contributed by atoms with Gasteiger partial charge in [-0.3, -0.25) is 4.79 Å². The van der Waals surface area contributed by atoms with Crippen LogP contribution in [0.4, 0.5) is 0 Å². The van der Waals surface area contributed by atoms with E-state index in [-0.39, 0.29) is 18.2 Å². The van der Waals surface area contributed by atoms with Crippen molar-refractivity contribution < 1.29 is 13.2 Å². The Labute approximate surface area is 124 Å². The molecule has 0 bridgehead atoms. The maximum absolute atomic E-state index is 12.0. The van der Waals surface area contributed by atoms with Gasteiger partial charge in [0.15, 0.2) is 0 Å². The second-order valence-electron chi connectivity index (χ2n) is 4.92. The third-order valence-corrected chi connectivity index (χ3v) is 5.26. The summed E-state index contributed by atoms with van der Waals surface area (Å²) in [6.45, 7) is 3.19. The Kier molecular flexibility index (Phi) is 5.24. The van der Waals surface area contributed by atoms with E-state index < -0.39 is 10.0 Å². The molecule has 1 aromatic rings. The molecule has 7 nitrogen and oxygen atoms in total. The molecule has 0 aliphatic carbocycles. The lowest BCUT2D eigenvalue weighted by molar-refractivity contribution is 0.0955. The Hall–Kier alpha value is -1.54. The third kappa shape index (κ3) is 4.21. The van der Waals surface area contributed by atoms with Crippen LogP contribution in [-0.2, 0) is 16.4 Å². The summed E-state index contributed by atoms with van der Waals surface area (Å²) in [4.78, 5) is 19.9. The van der Waals surface area contributed by atoms with Crippen LogP contribution >= 0.6 is 0 Å². The van der Waals surface area contributed by atoms with Gasteiger partial charge in [-0.1, -0.05) is 6.92 Å². The van der Waals surface area contributed by atoms with E-state index in [0.29, 0.717) is 30.9 Å². The summed E-state index contributed by atoms with van der Waals surface area (Å²) in [6, 6.07) is 0. The first kappa shape index (κ1) is 15.8. The van der Waals surface area contributed by atoms with E-state index in [1.54, 1.807) is 0 Å². The van der Waals surface area contributed by atoms with Gasteiger partial charge in [-0.25, -0.2) is 22.7 Å². The zero-order chi connectivity index (χ0) is 15.3. The number of carbonyl (C=O) groups excluding carboxylic acids is 1. The molecule has 8 heteroatoms. The van der Waals surface area contributed by atoms with Gasteiger partial charge in [0.25, 0.3) is 5.91 Å². The standard InChI is InChI=1S/C13H20N4O3S/c1-2-12-15-9-11(10-16-12)13(18)14-5-8-21(19,20)17-6-3-4-7-17/h9-10H,2-8H2,1H3,(H,14,18). The van der Waals surface area contributed by atoms with Crippen LogP contribution in [0.15, 0.2) is 12.4 Å². The molecule has 1 aromatic heterocycles. The summed E-state index contributed by atoms with van der Waals surface area (Å²) < 4.78 is 25.5. The van der Waals surface area contributed by atoms with Gasteiger partial charge in [-0.05, 0) is 12.8 Å². The van der Waals surface area contributed by atoms with Crippen LogP contribution in [-0.4, -0.2) is 54.0 Å². The van der Waals surface area contributed by atoms with Gasteiger partial charge in [0.2, 0.25) is 10.0 Å². The molecule has 1 fully saturated rings. The Morgan fingerprint density at radius 1 is 1.29 bits per heavy atom. The highest BCUT2D eigenvalue weighted by Gasteiger charge is 2.24. The van der Waals surface area contributed by atoms with Crippen molar-refractivity contribution >= 4 is 15.9 Å². The Morgan fingerprint density at radius 3 is 2.48 bits per heavy atom. The van der Waals surface area contributed by atoms with Crippen molar-refractivity contribution in [1.82, 2.24) is 19.6 Å². The lowest BCUT2D eigenvalue weighted by atomic mass is 10.3. The molecule has 1 N–H and O–H groups in total. The first-order valence-electron chi connectivity index (χ1n) is 7.10. The first-order valence-corrected chi connectivity index (χ1v) is 8.71. The average Bonchev–Trinajstić information content (AvgIpc) is 3.02. The Morgan fingerprint density at radius 2 is 1.90 bits per heavy atom. The molecule has 116 valence electrons. The number of rotatable bonds is 6. The van der Waals surface area contributed by atoms with Crippen LogP contribution in [0, 0.1) is 0 Å². The Bertz CT molecular complexity index is 580. The van der Waals surface area contributed by atoms with Gasteiger partial charge >= 0.3 is 0 Å². The van der Waals surface area contributed by atoms with Crippen LogP contribution < -0.4 is 5.32 Å². The number of aryl methyl sites for hydroxylation is 1. The zero-order valence-electron chi connectivity index (χ0n) is 12.1. The van der Waals surface area contributed by atoms with Crippen molar-refractivity contribution in [3.63, 3.8) is 0 Å². The normalized spacial score (nSPS) is 16.0. The Balaban J connectivity index is 1.83. The van der Waals surface area contributed by atoms with Gasteiger partial charge in [0.05, 0.1) is 11.3 Å². The van der Waals surface area contributed by atoms with E-state index in [2.05, 4.69) is 15.3 Å². The molecular formula is C13H20N4O3S. The van der Waals surface area contributed by atoms with Crippen molar-refractivity contribution in [2.24, 2.45) is 0 Å². The molecule has 2 heterocycles. The molecular weight excluding hydrogens is 292 g/mol. The van der Waals surface area contributed by atoms with E-state index in [9.17, 15) is 13.2 Å². The fourth-order valence-corrected chi connectivity index (χ4v) is 3.58. The number of sulfonamides is 1. The zero-order valence-corrected chi connectivity index (χ0v) is 12.9. The molecule has 0 aromatic carbocycles. The van der Waals surface area contributed by atoms with Gasteiger partial charge in [-0.2, -0.15) is 0 Å². The minimum atomic E-state index is -3.26. The molecule has 1 aliphatic rings. The maximum atomic E-state index is 12.0. The fourth-order valence-electron chi connectivity index (χ4n) is 2.15. The summed E-state index contributed by atoms with van der Waals surface area (Å²) in [5, 5.41) is 2.59. The van der Waals surface area contributed by atoms with E-state index in [1.165, 1.54) is 16.7 Å². The van der Waals surface area contributed by atoms with Crippen molar-refractivity contribution in [2.45, 2.75) is 26.2 Å². The minimum absolute atomic E-state index is 0.0767. The topological polar surface area (TPSA) is 92.3 Å². The molecule has 1 saturated heterocycles. The molecule has 2 rings (SSSR count). The first-order chi connectivity index (χ1) is 10.0. The largest absolute Gasteiger partial charge is 0.351 e. The van der Waals surface area contributed by atoms with Gasteiger partial charge in [0, 0.05) is 38.4 Å². The number of hydrogen-bond donors (Lipinski definition) is 1. The molecule has 1 aliphatic heterocycles. The SMILES string of the molecule is CCc1ncc(C(=O)NCCS(=O)(=O)N2CCCC2)cn1. The van der Waals surface area contributed by atoms with Crippen molar-refractivity contribution in [2.75, 3.05) is 25.4 Å². The summed E-state index contributed by atoms with van der Waals surface area (Å²) in [7, 11) is -3.26. The molecule has 0 unspecified atom stereocenters. The number of amides is 1. The lowest BCUT2D eigenvalue weighted by Gasteiger charge is -2.15. The summed E-state index contributed by atoms with van der Waals surface area (Å²) in [6.07, 6.45) is 5.43. The quantitative estimate of drug-likeness (QED) is 0.810. The summed E-state index contributed by atoms with van der Waals surface area (Å²) in [5.41, 5.74) is 0.339. The van der Waals surface area contributed by atoms with Crippen molar-refractivity contribution in [3.8, 4) is 0 Å². The van der Waals surface area contributed by atoms with Crippen molar-refractivity contribution in [1.29, 1.82) is 0 Å². The second kappa shape index (κ2) is 6.95. The maximum Gasteiger partial charge on any atom is 0.254 e. The van der Waals surface area contributed by atoms with Crippen LogP contribution in [0.2, 0.25) is 0 Å². The highest BCUT2D eigenvalue weighted by atomic mass is 32.2. The van der Waals surface area contributed by atoms with Gasteiger partial charge < -0.3 is 5.32 Å². The molecule has 21 heavy (non-hydrogen) atoms. The van der Waals surface area contributed by atoms with Crippen LogP contribution in [0.5, 0.6) is 0 Å². The average molecular weight is 312 g/mol. The number of nitrogens with zero attached hydrogens (tertiary/aromatic N) is 3. The van der Waals surface area contributed by atoms with Crippen LogP contribution in [0.1, 0.15) is 35.9 Å². The smallest absolute Gasteiger partial charge is 0.254 e. The predicted molar refractivity (Wildman–Crippen MR) is 78.3 cm³/mol. The monoisotopic (exact) mass is 312 g/mol. The number of hydrogen-bond acceptors (Lipinski definition) is 5. The fraction of sp³-hybridized carbons (Fsp3) is 0.615. The third-order valence-electron chi connectivity index (χ3n) is 3.39. The second-order valence-corrected chi connectivity index (χ2v) is 7.01. The predicted octanol–water partition coefficient (Wildman–Crippen LogP) is 0.194. The summed E-state index contributed by atoms with van der Waals surface area (Å²) >= 11 is 0. The summed E-state index contributed by atoms with van der Waals surface area (Å²) in [5.74, 6) is 0.240. The molecule has 0 atom stereocenters. The molecule has 0 radical (unpaired) electrons. The van der Waals surface area contributed by atoms with Gasteiger partial charge in [-0.15, -0.1) is 0 Å². The highest BCUT2D eigenvalue weighted by molar-refractivity contribution is 7.89. The lowest BCUT2D eigenvalue weighted by Crippen LogP contribution is -2.36. The van der Waals surface area contributed by atoms with Gasteiger partial charge in [0.1, 0.15) is 5.82 Å². The van der Waals surface area contributed by atoms with E-state index in [0.717, 1.165) is 12.8 Å². The number of nitrogens with one attached hydrogen (secondary N) is 1. The highest BCUT2D eigenvalue weighted by Crippen LogP contribution is 2.12. The van der Waals surface area contributed by atoms with Crippen molar-refractivity contribution in [3.05, 3.63) is 23.8 Å². The minimum Gasteiger partial charge on any atom is -0.351 e. The molecule has 0 saturated carbocycles. The number of aromatic nitrogens is 2. The van der Waals surface area contributed by atoms with E-state index in [1.807, 2.05) is 6.92 Å².